The SMILES string of the molecule is CCCCCN(C)C(=O)c1cc(Cl)c(NN)c([N+](=O)[O-])c1. The molecule has 0 aliphatic carbocycles. The number of anilines is 1. The van der Waals surface area contributed by atoms with Gasteiger partial charge in [0.15, 0.2) is 0 Å². The molecule has 0 heterocycles. The lowest BCUT2D eigenvalue weighted by Crippen LogP contribution is -2.28. The number of hydrazine groups is 1. The number of hydrogen-bond acceptors (Lipinski definition) is 5. The van der Waals surface area contributed by atoms with E-state index in [0.29, 0.717) is 6.54 Å². The van der Waals surface area contributed by atoms with E-state index in [1.54, 1.807) is 7.05 Å². The maximum absolute atomic E-state index is 12.3. The monoisotopic (exact) mass is 314 g/mol. The van der Waals surface area contributed by atoms with Gasteiger partial charge in [-0.05, 0) is 12.5 Å². The van der Waals surface area contributed by atoms with Crippen molar-refractivity contribution in [1.82, 2.24) is 4.90 Å². The summed E-state index contributed by atoms with van der Waals surface area (Å²) in [6.07, 6.45) is 2.96. The van der Waals surface area contributed by atoms with Gasteiger partial charge >= 0.3 is 0 Å². The maximum Gasteiger partial charge on any atom is 0.295 e. The molecule has 1 amide bonds. The fraction of sp³-hybridized carbons (Fsp3) is 0.462. The highest BCUT2D eigenvalue weighted by Crippen LogP contribution is 2.33. The third-order valence-electron chi connectivity index (χ3n) is 3.10. The molecule has 0 aromatic heterocycles. The second-order valence-electron chi connectivity index (χ2n) is 4.69. The van der Waals surface area contributed by atoms with Crippen molar-refractivity contribution in [3.05, 3.63) is 32.8 Å². The largest absolute Gasteiger partial charge is 0.342 e. The molecule has 1 aromatic carbocycles. The average Bonchev–Trinajstić information content (AvgIpc) is 2.45. The van der Waals surface area contributed by atoms with E-state index in [-0.39, 0.29) is 27.9 Å². The van der Waals surface area contributed by atoms with E-state index in [9.17, 15) is 14.9 Å². The molecule has 0 fully saturated rings. The molecule has 0 aliphatic rings. The molecular weight excluding hydrogens is 296 g/mol. The number of amides is 1. The van der Waals surface area contributed by atoms with Crippen LogP contribution in [-0.2, 0) is 0 Å². The second kappa shape index (κ2) is 7.80. The molecule has 0 saturated carbocycles. The standard InChI is InChI=1S/C13H19ClN4O3/c1-3-4-5-6-17(2)13(19)9-7-10(14)12(16-15)11(8-9)18(20)21/h7-8,16H,3-6,15H2,1-2H3. The topological polar surface area (TPSA) is 102 Å². The number of nitrogens with one attached hydrogen (secondary N) is 1. The Labute approximate surface area is 128 Å². The Balaban J connectivity index is 3.02. The Morgan fingerprint density at radius 3 is 2.67 bits per heavy atom. The van der Waals surface area contributed by atoms with Gasteiger partial charge in [0.1, 0.15) is 5.69 Å². The average molecular weight is 315 g/mol. The number of nitrogens with two attached hydrogens (primary N) is 1. The fourth-order valence-electron chi connectivity index (χ4n) is 1.92. The summed E-state index contributed by atoms with van der Waals surface area (Å²) < 4.78 is 0. The Hall–Kier alpha value is -1.86. The third kappa shape index (κ3) is 4.30. The molecule has 0 bridgehead atoms. The number of benzene rings is 1. The van der Waals surface area contributed by atoms with Crippen LogP contribution in [-0.4, -0.2) is 29.3 Å². The minimum Gasteiger partial charge on any atom is -0.342 e. The number of nitrogens with zero attached hydrogens (tertiary/aromatic N) is 2. The molecule has 1 aromatic rings. The summed E-state index contributed by atoms with van der Waals surface area (Å²) in [5, 5.41) is 11.1. The van der Waals surface area contributed by atoms with Crippen molar-refractivity contribution in [2.24, 2.45) is 5.84 Å². The third-order valence-corrected chi connectivity index (χ3v) is 3.40. The number of nitro benzene ring substituents is 1. The predicted octanol–water partition coefficient (Wildman–Crippen LogP) is 2.80. The first-order valence-corrected chi connectivity index (χ1v) is 7.00. The highest BCUT2D eigenvalue weighted by molar-refractivity contribution is 6.34. The van der Waals surface area contributed by atoms with Crippen LogP contribution in [0.3, 0.4) is 0 Å². The van der Waals surface area contributed by atoms with Gasteiger partial charge in [0.25, 0.3) is 11.6 Å². The van der Waals surface area contributed by atoms with Crippen LogP contribution in [0.1, 0.15) is 36.5 Å². The number of nitro groups is 1. The first kappa shape index (κ1) is 17.2. The molecule has 21 heavy (non-hydrogen) atoms. The van der Waals surface area contributed by atoms with Gasteiger partial charge in [0, 0.05) is 25.2 Å². The van der Waals surface area contributed by atoms with Gasteiger partial charge < -0.3 is 10.3 Å². The lowest BCUT2D eigenvalue weighted by atomic mass is 10.1. The molecule has 8 heteroatoms. The Morgan fingerprint density at radius 1 is 1.48 bits per heavy atom. The first-order valence-electron chi connectivity index (χ1n) is 6.62. The van der Waals surface area contributed by atoms with Crippen LogP contribution in [0.5, 0.6) is 0 Å². The lowest BCUT2D eigenvalue weighted by Gasteiger charge is -2.17. The van der Waals surface area contributed by atoms with Crippen LogP contribution >= 0.6 is 11.6 Å². The maximum atomic E-state index is 12.3. The Kier molecular flexibility index (Phi) is 6.39. The zero-order valence-electron chi connectivity index (χ0n) is 12.1. The summed E-state index contributed by atoms with van der Waals surface area (Å²) in [6, 6.07) is 2.56. The van der Waals surface area contributed by atoms with Crippen molar-refractivity contribution >= 4 is 28.9 Å². The number of nitrogen functional groups attached to an aromatic ring is 1. The molecule has 0 radical (unpaired) electrons. The van der Waals surface area contributed by atoms with E-state index in [4.69, 9.17) is 17.4 Å². The van der Waals surface area contributed by atoms with Crippen molar-refractivity contribution in [2.75, 3.05) is 19.0 Å². The zero-order chi connectivity index (χ0) is 16.0. The van der Waals surface area contributed by atoms with Crippen molar-refractivity contribution in [3.63, 3.8) is 0 Å². The van der Waals surface area contributed by atoms with E-state index in [1.807, 2.05) is 0 Å². The molecule has 0 atom stereocenters. The minimum absolute atomic E-state index is 0.00754. The van der Waals surface area contributed by atoms with Crippen molar-refractivity contribution in [2.45, 2.75) is 26.2 Å². The molecule has 0 spiro atoms. The highest BCUT2D eigenvalue weighted by Gasteiger charge is 2.22. The Morgan fingerprint density at radius 2 is 2.14 bits per heavy atom. The van der Waals surface area contributed by atoms with E-state index in [1.165, 1.54) is 17.0 Å². The van der Waals surface area contributed by atoms with Gasteiger partial charge in [0.05, 0.1) is 9.95 Å². The van der Waals surface area contributed by atoms with Crippen LogP contribution in [0.2, 0.25) is 5.02 Å². The Bertz CT molecular complexity index is 536. The number of carbonyl (C=O) groups excluding carboxylic acids is 1. The van der Waals surface area contributed by atoms with E-state index in [0.717, 1.165) is 19.3 Å². The van der Waals surface area contributed by atoms with E-state index in [2.05, 4.69) is 12.3 Å². The molecule has 3 N–H and O–H groups in total. The quantitative estimate of drug-likeness (QED) is 0.349. The summed E-state index contributed by atoms with van der Waals surface area (Å²) >= 11 is 5.94. The number of carbonyl (C=O) groups is 1. The van der Waals surface area contributed by atoms with Crippen molar-refractivity contribution in [3.8, 4) is 0 Å². The summed E-state index contributed by atoms with van der Waals surface area (Å²) in [4.78, 5) is 24.2. The van der Waals surface area contributed by atoms with Gasteiger partial charge in [-0.2, -0.15) is 0 Å². The molecule has 116 valence electrons. The first-order chi connectivity index (χ1) is 9.92. The number of unbranched alkanes of at least 4 members (excludes halogenated alkanes) is 2. The van der Waals surface area contributed by atoms with Gasteiger partial charge in [-0.1, -0.05) is 31.4 Å². The summed E-state index contributed by atoms with van der Waals surface area (Å²) in [5.74, 6) is 4.92. The smallest absolute Gasteiger partial charge is 0.295 e. The normalized spacial score (nSPS) is 10.3. The molecule has 0 unspecified atom stereocenters. The highest BCUT2D eigenvalue weighted by atomic mass is 35.5. The van der Waals surface area contributed by atoms with Gasteiger partial charge in [-0.3, -0.25) is 20.8 Å². The zero-order valence-corrected chi connectivity index (χ0v) is 12.8. The van der Waals surface area contributed by atoms with Gasteiger partial charge in [-0.25, -0.2) is 0 Å². The number of halogens is 1. The van der Waals surface area contributed by atoms with Crippen LogP contribution < -0.4 is 11.3 Å². The number of hydrogen-bond donors (Lipinski definition) is 2. The fourth-order valence-corrected chi connectivity index (χ4v) is 2.19. The summed E-state index contributed by atoms with van der Waals surface area (Å²) in [6.45, 7) is 2.67. The lowest BCUT2D eigenvalue weighted by molar-refractivity contribution is -0.384. The van der Waals surface area contributed by atoms with Crippen molar-refractivity contribution in [1.29, 1.82) is 0 Å². The van der Waals surface area contributed by atoms with Crippen LogP contribution in [0.4, 0.5) is 11.4 Å². The van der Waals surface area contributed by atoms with Gasteiger partial charge in [0.2, 0.25) is 0 Å². The number of rotatable bonds is 7. The molecule has 7 nitrogen and oxygen atoms in total. The second-order valence-corrected chi connectivity index (χ2v) is 5.09. The molecular formula is C13H19ClN4O3. The minimum atomic E-state index is -0.630. The molecule has 0 aliphatic heterocycles. The van der Waals surface area contributed by atoms with E-state index < -0.39 is 4.92 Å². The van der Waals surface area contributed by atoms with Crippen LogP contribution in [0.15, 0.2) is 12.1 Å². The van der Waals surface area contributed by atoms with Crippen molar-refractivity contribution < 1.29 is 9.72 Å². The van der Waals surface area contributed by atoms with E-state index >= 15 is 0 Å². The van der Waals surface area contributed by atoms with Crippen LogP contribution in [0, 0.1) is 10.1 Å². The summed E-state index contributed by atoms with van der Waals surface area (Å²) in [7, 11) is 1.66. The molecule has 1 rings (SSSR count). The predicted molar refractivity (Wildman–Crippen MR) is 82.4 cm³/mol. The summed E-state index contributed by atoms with van der Waals surface area (Å²) in [5.41, 5.74) is 2.02. The van der Waals surface area contributed by atoms with Gasteiger partial charge in [-0.15, -0.1) is 0 Å². The molecule has 0 saturated heterocycles. The van der Waals surface area contributed by atoms with Crippen LogP contribution in [0.25, 0.3) is 0 Å².